The Balaban J connectivity index is 2.08. The monoisotopic (exact) mass is 129 g/mol. The zero-order valence-corrected chi connectivity index (χ0v) is 6.02. The van der Waals surface area contributed by atoms with Gasteiger partial charge >= 0.3 is 0 Å². The Kier molecular flexibility index (Phi) is 3.01. The normalized spacial score (nSPS) is 28.3. The number of hydrogen-bond donors (Lipinski definition) is 1. The van der Waals surface area contributed by atoms with E-state index < -0.39 is 0 Å². The molecule has 0 spiro atoms. The first-order chi connectivity index (χ1) is 4.43. The minimum Gasteiger partial charge on any atom is -0.384 e. The van der Waals surface area contributed by atoms with Crippen LogP contribution < -0.4 is 5.32 Å². The van der Waals surface area contributed by atoms with E-state index in [4.69, 9.17) is 4.74 Å². The highest BCUT2D eigenvalue weighted by Gasteiger charge is 2.11. The molecule has 1 atom stereocenters. The maximum Gasteiger partial charge on any atom is 0.0502 e. The van der Waals surface area contributed by atoms with Crippen LogP contribution in [0.3, 0.4) is 0 Å². The van der Waals surface area contributed by atoms with Crippen LogP contribution >= 0.6 is 0 Å². The van der Waals surface area contributed by atoms with Gasteiger partial charge in [0.05, 0.1) is 6.61 Å². The summed E-state index contributed by atoms with van der Waals surface area (Å²) in [6, 6.07) is 0. The van der Waals surface area contributed by atoms with Crippen molar-refractivity contribution in [2.45, 2.75) is 12.8 Å². The topological polar surface area (TPSA) is 21.3 Å². The van der Waals surface area contributed by atoms with Crippen LogP contribution in [0.4, 0.5) is 0 Å². The van der Waals surface area contributed by atoms with Crippen LogP contribution in [0.2, 0.25) is 0 Å². The van der Waals surface area contributed by atoms with Gasteiger partial charge in [0, 0.05) is 13.7 Å². The van der Waals surface area contributed by atoms with Crippen molar-refractivity contribution < 1.29 is 4.74 Å². The van der Waals surface area contributed by atoms with E-state index in [0.29, 0.717) is 0 Å². The quantitative estimate of drug-likeness (QED) is 0.590. The van der Waals surface area contributed by atoms with E-state index in [0.717, 1.165) is 19.1 Å². The lowest BCUT2D eigenvalue weighted by atomic mass is 10.0. The van der Waals surface area contributed by atoms with E-state index in [1.807, 2.05) is 0 Å². The molecule has 1 heterocycles. The van der Waals surface area contributed by atoms with Crippen molar-refractivity contribution in [2.24, 2.45) is 5.92 Å². The molecule has 1 aliphatic rings. The van der Waals surface area contributed by atoms with Gasteiger partial charge in [-0.2, -0.15) is 0 Å². The average Bonchev–Trinajstić information content (AvgIpc) is 1.91. The van der Waals surface area contributed by atoms with Gasteiger partial charge in [-0.05, 0) is 25.3 Å². The van der Waals surface area contributed by atoms with E-state index in [1.54, 1.807) is 7.11 Å². The molecule has 0 aliphatic carbocycles. The van der Waals surface area contributed by atoms with Gasteiger partial charge in [0.2, 0.25) is 0 Å². The molecule has 0 amide bonds. The van der Waals surface area contributed by atoms with Crippen molar-refractivity contribution in [3.05, 3.63) is 0 Å². The molecule has 0 radical (unpaired) electrons. The van der Waals surface area contributed by atoms with Crippen molar-refractivity contribution in [1.29, 1.82) is 0 Å². The fourth-order valence-electron chi connectivity index (χ4n) is 1.30. The Bertz CT molecular complexity index is 66.6. The molecule has 0 aromatic rings. The summed E-state index contributed by atoms with van der Waals surface area (Å²) in [7, 11) is 1.77. The van der Waals surface area contributed by atoms with E-state index in [-0.39, 0.29) is 0 Å². The molecule has 1 rings (SSSR count). The summed E-state index contributed by atoms with van der Waals surface area (Å²) in [6.07, 6.45) is 2.65. The minimum atomic E-state index is 0.767. The zero-order valence-electron chi connectivity index (χ0n) is 6.02. The average molecular weight is 129 g/mol. The van der Waals surface area contributed by atoms with Crippen molar-refractivity contribution >= 4 is 0 Å². The molecule has 1 aliphatic heterocycles. The SMILES string of the molecule is COCC1CCCNC1. The molecule has 9 heavy (non-hydrogen) atoms. The van der Waals surface area contributed by atoms with Crippen molar-refractivity contribution in [1.82, 2.24) is 5.32 Å². The molecule has 2 heteroatoms. The number of nitrogens with one attached hydrogen (secondary N) is 1. The molecular formula is C7H15NO. The molecule has 54 valence electrons. The zero-order chi connectivity index (χ0) is 6.53. The summed E-state index contributed by atoms with van der Waals surface area (Å²) in [6.45, 7) is 3.26. The smallest absolute Gasteiger partial charge is 0.0502 e. The van der Waals surface area contributed by atoms with Gasteiger partial charge in [0.15, 0.2) is 0 Å². The van der Waals surface area contributed by atoms with Gasteiger partial charge in [0.25, 0.3) is 0 Å². The Morgan fingerprint density at radius 1 is 1.67 bits per heavy atom. The molecule has 1 N–H and O–H groups in total. The molecule has 1 saturated heterocycles. The predicted molar refractivity (Wildman–Crippen MR) is 37.5 cm³/mol. The van der Waals surface area contributed by atoms with Crippen LogP contribution in [-0.2, 0) is 4.74 Å². The van der Waals surface area contributed by atoms with Crippen LogP contribution in [0.1, 0.15) is 12.8 Å². The second-order valence-corrected chi connectivity index (χ2v) is 2.67. The fourth-order valence-corrected chi connectivity index (χ4v) is 1.30. The van der Waals surface area contributed by atoms with Crippen LogP contribution in [0.25, 0.3) is 0 Å². The van der Waals surface area contributed by atoms with Gasteiger partial charge in [0.1, 0.15) is 0 Å². The van der Waals surface area contributed by atoms with Crippen molar-refractivity contribution in [2.75, 3.05) is 26.8 Å². The highest BCUT2D eigenvalue weighted by atomic mass is 16.5. The Morgan fingerprint density at radius 3 is 3.11 bits per heavy atom. The largest absolute Gasteiger partial charge is 0.384 e. The van der Waals surface area contributed by atoms with Crippen LogP contribution in [0.15, 0.2) is 0 Å². The number of piperidine rings is 1. The number of methoxy groups -OCH3 is 1. The highest BCUT2D eigenvalue weighted by molar-refractivity contribution is 4.67. The van der Waals surface area contributed by atoms with Gasteiger partial charge < -0.3 is 10.1 Å². The third-order valence-electron chi connectivity index (χ3n) is 1.80. The summed E-state index contributed by atoms with van der Waals surface area (Å²) >= 11 is 0. The maximum atomic E-state index is 5.04. The molecule has 0 saturated carbocycles. The lowest BCUT2D eigenvalue weighted by Gasteiger charge is -2.21. The van der Waals surface area contributed by atoms with Gasteiger partial charge in [-0.3, -0.25) is 0 Å². The minimum absolute atomic E-state index is 0.767. The predicted octanol–water partition coefficient (Wildman–Crippen LogP) is 0.632. The van der Waals surface area contributed by atoms with E-state index >= 15 is 0 Å². The summed E-state index contributed by atoms with van der Waals surface area (Å²) in [5, 5.41) is 3.34. The van der Waals surface area contributed by atoms with Crippen LogP contribution in [-0.4, -0.2) is 26.8 Å². The summed E-state index contributed by atoms with van der Waals surface area (Å²) in [5.41, 5.74) is 0. The number of rotatable bonds is 2. The summed E-state index contributed by atoms with van der Waals surface area (Å²) < 4.78 is 5.04. The fraction of sp³-hybridized carbons (Fsp3) is 1.00. The molecule has 0 bridgehead atoms. The van der Waals surface area contributed by atoms with E-state index in [9.17, 15) is 0 Å². The van der Waals surface area contributed by atoms with Crippen molar-refractivity contribution in [3.8, 4) is 0 Å². The molecule has 2 nitrogen and oxygen atoms in total. The van der Waals surface area contributed by atoms with Gasteiger partial charge in [-0.25, -0.2) is 0 Å². The van der Waals surface area contributed by atoms with E-state index in [2.05, 4.69) is 5.32 Å². The third-order valence-corrected chi connectivity index (χ3v) is 1.80. The van der Waals surface area contributed by atoms with Crippen LogP contribution in [0, 0.1) is 5.92 Å². The second-order valence-electron chi connectivity index (χ2n) is 2.67. The second kappa shape index (κ2) is 3.85. The van der Waals surface area contributed by atoms with Gasteiger partial charge in [-0.1, -0.05) is 0 Å². The van der Waals surface area contributed by atoms with E-state index in [1.165, 1.54) is 19.4 Å². The molecule has 1 fully saturated rings. The molecule has 0 aromatic heterocycles. The first-order valence-electron chi connectivity index (χ1n) is 3.63. The highest BCUT2D eigenvalue weighted by Crippen LogP contribution is 2.08. The summed E-state index contributed by atoms with van der Waals surface area (Å²) in [5.74, 6) is 0.767. The molecular weight excluding hydrogens is 114 g/mol. The van der Waals surface area contributed by atoms with Gasteiger partial charge in [-0.15, -0.1) is 0 Å². The molecule has 0 aromatic carbocycles. The molecule has 1 unspecified atom stereocenters. The maximum absolute atomic E-state index is 5.04. The number of ether oxygens (including phenoxy) is 1. The Morgan fingerprint density at radius 2 is 2.56 bits per heavy atom. The van der Waals surface area contributed by atoms with Crippen molar-refractivity contribution in [3.63, 3.8) is 0 Å². The Hall–Kier alpha value is -0.0800. The third kappa shape index (κ3) is 2.33. The lowest BCUT2D eigenvalue weighted by Crippen LogP contribution is -2.31. The summed E-state index contributed by atoms with van der Waals surface area (Å²) in [4.78, 5) is 0. The Labute approximate surface area is 56.6 Å². The van der Waals surface area contributed by atoms with Crippen LogP contribution in [0.5, 0.6) is 0 Å². The lowest BCUT2D eigenvalue weighted by molar-refractivity contribution is 0.137. The standard InChI is InChI=1S/C7H15NO/c1-9-6-7-3-2-4-8-5-7/h7-8H,2-6H2,1H3. The first-order valence-corrected chi connectivity index (χ1v) is 3.63. The first kappa shape index (κ1) is 7.03. The number of hydrogen-bond acceptors (Lipinski definition) is 2.